The van der Waals surface area contributed by atoms with Gasteiger partial charge in [-0.3, -0.25) is 9.59 Å². The largest absolute Gasteiger partial charge is 0.507 e. The van der Waals surface area contributed by atoms with Gasteiger partial charge in [0.05, 0.1) is 24.4 Å². The topological polar surface area (TPSA) is 104 Å². The monoisotopic (exact) mass is 304 g/mol. The number of hydrogen-bond acceptors (Lipinski definition) is 6. The molecular weight excluding hydrogens is 288 g/mol. The van der Waals surface area contributed by atoms with E-state index in [-0.39, 0.29) is 46.6 Å². The van der Waals surface area contributed by atoms with Crippen LogP contribution in [0.15, 0.2) is 23.3 Å². The van der Waals surface area contributed by atoms with Gasteiger partial charge in [-0.25, -0.2) is 0 Å². The molecule has 0 aromatic heterocycles. The van der Waals surface area contributed by atoms with E-state index in [1.165, 1.54) is 26.2 Å². The molecule has 1 aromatic rings. The predicted octanol–water partition coefficient (Wildman–Crippen LogP) is 0.982. The van der Waals surface area contributed by atoms with Gasteiger partial charge in [-0.05, 0) is 13.0 Å². The standard InChI is InChI=1S/C16H16O6/c1-16(21)5-9-13(11(18)6-16)15(20)12-8(14(9)19)3-7(22-2)4-10(12)17/h3-4,11,17-18,21H,5-6H2,1-2H3/t11-,16-/m0/s1. The van der Waals surface area contributed by atoms with Gasteiger partial charge in [-0.1, -0.05) is 0 Å². The molecule has 1 aromatic carbocycles. The van der Waals surface area contributed by atoms with Crippen molar-refractivity contribution < 1.29 is 29.6 Å². The molecule has 2 atom stereocenters. The molecule has 2 aliphatic rings. The molecule has 0 spiro atoms. The van der Waals surface area contributed by atoms with E-state index < -0.39 is 23.3 Å². The molecule has 0 radical (unpaired) electrons. The second-order valence-electron chi connectivity index (χ2n) is 6.01. The summed E-state index contributed by atoms with van der Waals surface area (Å²) >= 11 is 0. The summed E-state index contributed by atoms with van der Waals surface area (Å²) in [7, 11) is 1.39. The van der Waals surface area contributed by atoms with E-state index in [9.17, 15) is 24.9 Å². The second kappa shape index (κ2) is 4.66. The van der Waals surface area contributed by atoms with Crippen molar-refractivity contribution >= 4 is 11.6 Å². The number of aliphatic hydroxyl groups is 2. The maximum Gasteiger partial charge on any atom is 0.196 e. The van der Waals surface area contributed by atoms with Crippen molar-refractivity contribution in [1.29, 1.82) is 0 Å². The quantitative estimate of drug-likeness (QED) is 0.714. The van der Waals surface area contributed by atoms with Crippen LogP contribution in [0.1, 0.15) is 40.5 Å². The number of carbonyl (C=O) groups excluding carboxylic acids is 2. The molecule has 22 heavy (non-hydrogen) atoms. The smallest absolute Gasteiger partial charge is 0.196 e. The van der Waals surface area contributed by atoms with Crippen molar-refractivity contribution in [3.63, 3.8) is 0 Å². The van der Waals surface area contributed by atoms with Gasteiger partial charge >= 0.3 is 0 Å². The summed E-state index contributed by atoms with van der Waals surface area (Å²) in [5, 5.41) is 30.3. The minimum atomic E-state index is -1.26. The molecule has 0 saturated heterocycles. The summed E-state index contributed by atoms with van der Waals surface area (Å²) in [5.74, 6) is -1.15. The fourth-order valence-corrected chi connectivity index (χ4v) is 3.19. The number of ketones is 2. The number of carbonyl (C=O) groups is 2. The molecule has 0 heterocycles. The van der Waals surface area contributed by atoms with Crippen LogP contribution >= 0.6 is 0 Å². The number of methoxy groups -OCH3 is 1. The lowest BCUT2D eigenvalue weighted by Crippen LogP contribution is -2.42. The van der Waals surface area contributed by atoms with E-state index in [1.54, 1.807) is 0 Å². The highest BCUT2D eigenvalue weighted by atomic mass is 16.5. The molecule has 0 aliphatic heterocycles. The second-order valence-corrected chi connectivity index (χ2v) is 6.01. The van der Waals surface area contributed by atoms with E-state index in [2.05, 4.69) is 0 Å². The van der Waals surface area contributed by atoms with Crippen molar-refractivity contribution in [2.45, 2.75) is 31.5 Å². The number of hydrogen-bond donors (Lipinski definition) is 3. The first-order valence-corrected chi connectivity index (χ1v) is 6.89. The summed E-state index contributed by atoms with van der Waals surface area (Å²) < 4.78 is 5.00. The maximum absolute atomic E-state index is 12.7. The number of rotatable bonds is 1. The zero-order valence-electron chi connectivity index (χ0n) is 12.2. The summed E-state index contributed by atoms with van der Waals surface area (Å²) in [6.07, 6.45) is -1.27. The molecule has 6 nitrogen and oxygen atoms in total. The third kappa shape index (κ3) is 2.03. The Morgan fingerprint density at radius 3 is 2.59 bits per heavy atom. The van der Waals surface area contributed by atoms with Crippen LogP contribution in [0.5, 0.6) is 11.5 Å². The van der Waals surface area contributed by atoms with Crippen LogP contribution in [0.25, 0.3) is 0 Å². The Bertz CT molecular complexity index is 728. The van der Waals surface area contributed by atoms with Gasteiger partial charge in [-0.2, -0.15) is 0 Å². The normalized spacial score (nSPS) is 27.5. The fraction of sp³-hybridized carbons (Fsp3) is 0.375. The summed E-state index contributed by atoms with van der Waals surface area (Å²) in [6, 6.07) is 2.63. The van der Waals surface area contributed by atoms with E-state index in [0.717, 1.165) is 0 Å². The van der Waals surface area contributed by atoms with E-state index in [4.69, 9.17) is 4.74 Å². The van der Waals surface area contributed by atoms with E-state index >= 15 is 0 Å². The number of aromatic hydroxyl groups is 1. The molecule has 116 valence electrons. The average Bonchev–Trinajstić information content (AvgIpc) is 2.42. The molecule has 3 rings (SSSR count). The first-order valence-electron chi connectivity index (χ1n) is 6.89. The lowest BCUT2D eigenvalue weighted by Gasteiger charge is -2.36. The first-order chi connectivity index (χ1) is 10.2. The molecule has 0 unspecified atom stereocenters. The van der Waals surface area contributed by atoms with Gasteiger partial charge in [-0.15, -0.1) is 0 Å². The Kier molecular flexibility index (Phi) is 3.12. The summed E-state index contributed by atoms with van der Waals surface area (Å²) in [6.45, 7) is 1.51. The van der Waals surface area contributed by atoms with Crippen LogP contribution in [-0.4, -0.2) is 45.7 Å². The number of phenols is 1. The van der Waals surface area contributed by atoms with E-state index in [1.807, 2.05) is 0 Å². The summed E-state index contributed by atoms with van der Waals surface area (Å²) in [4.78, 5) is 25.2. The Morgan fingerprint density at radius 2 is 1.95 bits per heavy atom. The SMILES string of the molecule is COc1cc(O)c2c(c1)C(=O)C1=C(C2=O)[C@@H](O)C[C@@](C)(O)C1. The van der Waals surface area contributed by atoms with Gasteiger partial charge in [0.25, 0.3) is 0 Å². The zero-order valence-corrected chi connectivity index (χ0v) is 12.2. The van der Waals surface area contributed by atoms with Crippen LogP contribution in [0.3, 0.4) is 0 Å². The number of Topliss-reactive ketones (excluding diaryl/α,β-unsaturated/α-hetero) is 2. The Hall–Kier alpha value is -2.18. The van der Waals surface area contributed by atoms with Crippen LogP contribution in [-0.2, 0) is 0 Å². The number of benzene rings is 1. The lowest BCUT2D eigenvalue weighted by molar-refractivity contribution is 0.00377. The number of phenolic OH excluding ortho intramolecular Hbond substituents is 1. The zero-order chi connectivity index (χ0) is 16.2. The molecule has 0 bridgehead atoms. The third-order valence-electron chi connectivity index (χ3n) is 4.17. The molecule has 2 aliphatic carbocycles. The van der Waals surface area contributed by atoms with Crippen molar-refractivity contribution in [2.75, 3.05) is 7.11 Å². The van der Waals surface area contributed by atoms with Crippen molar-refractivity contribution in [3.05, 3.63) is 34.4 Å². The average molecular weight is 304 g/mol. The lowest BCUT2D eigenvalue weighted by atomic mass is 9.71. The van der Waals surface area contributed by atoms with E-state index in [0.29, 0.717) is 0 Å². The van der Waals surface area contributed by atoms with Gasteiger partial charge in [0.2, 0.25) is 0 Å². The minimum Gasteiger partial charge on any atom is -0.507 e. The third-order valence-corrected chi connectivity index (χ3v) is 4.17. The number of fused-ring (bicyclic) bond motifs is 1. The molecule has 0 fully saturated rings. The highest BCUT2D eigenvalue weighted by molar-refractivity contribution is 6.28. The fourth-order valence-electron chi connectivity index (χ4n) is 3.19. The predicted molar refractivity (Wildman–Crippen MR) is 76.2 cm³/mol. The van der Waals surface area contributed by atoms with Crippen molar-refractivity contribution in [3.8, 4) is 11.5 Å². The Morgan fingerprint density at radius 1 is 1.27 bits per heavy atom. The van der Waals surface area contributed by atoms with Gasteiger partial charge in [0.1, 0.15) is 11.5 Å². The molecule has 3 N–H and O–H groups in total. The minimum absolute atomic E-state index is 0.0125. The van der Waals surface area contributed by atoms with Crippen LogP contribution < -0.4 is 4.74 Å². The Balaban J connectivity index is 2.23. The molecule has 6 heteroatoms. The highest BCUT2D eigenvalue weighted by Crippen LogP contribution is 2.42. The number of ether oxygens (including phenoxy) is 1. The van der Waals surface area contributed by atoms with Crippen LogP contribution in [0, 0.1) is 0 Å². The van der Waals surface area contributed by atoms with Crippen molar-refractivity contribution in [1.82, 2.24) is 0 Å². The van der Waals surface area contributed by atoms with Crippen molar-refractivity contribution in [2.24, 2.45) is 0 Å². The van der Waals surface area contributed by atoms with Gasteiger partial charge in [0, 0.05) is 35.6 Å². The molecular formula is C16H16O6. The highest BCUT2D eigenvalue weighted by Gasteiger charge is 2.44. The van der Waals surface area contributed by atoms with Gasteiger partial charge in [0.15, 0.2) is 11.6 Å². The molecule has 0 saturated carbocycles. The Labute approximate surface area is 126 Å². The van der Waals surface area contributed by atoms with Crippen LogP contribution in [0.2, 0.25) is 0 Å². The van der Waals surface area contributed by atoms with Crippen LogP contribution in [0.4, 0.5) is 0 Å². The molecule has 0 amide bonds. The first kappa shape index (κ1) is 14.7. The maximum atomic E-state index is 12.7. The number of aliphatic hydroxyl groups excluding tert-OH is 1. The van der Waals surface area contributed by atoms with Gasteiger partial charge < -0.3 is 20.1 Å². The summed E-state index contributed by atoms with van der Waals surface area (Å²) in [5.41, 5.74) is -1.26.